The summed E-state index contributed by atoms with van der Waals surface area (Å²) in [5.41, 5.74) is 1.67. The summed E-state index contributed by atoms with van der Waals surface area (Å²) in [6, 6.07) is 16.5. The highest BCUT2D eigenvalue weighted by Gasteiger charge is 2.24. The van der Waals surface area contributed by atoms with Gasteiger partial charge < -0.3 is 20.1 Å². The fraction of sp³-hybridized carbons (Fsp3) is 0.429. The number of benzene rings is 2. The first kappa shape index (κ1) is 25.7. The van der Waals surface area contributed by atoms with Gasteiger partial charge in [0.1, 0.15) is 5.75 Å². The van der Waals surface area contributed by atoms with Crippen molar-refractivity contribution in [1.82, 2.24) is 10.2 Å². The number of nitrogens with zero attached hydrogens (tertiary/aromatic N) is 1. The Kier molecular flexibility index (Phi) is 10.3. The number of hydrogen-bond acceptors (Lipinski definition) is 5. The molecule has 0 saturated carbocycles. The Balaban J connectivity index is 1.46. The summed E-state index contributed by atoms with van der Waals surface area (Å²) in [5, 5.41) is 13.8. The fourth-order valence-corrected chi connectivity index (χ4v) is 4.16. The van der Waals surface area contributed by atoms with Crippen LogP contribution >= 0.6 is 0 Å². The number of Topliss-reactive ketones (excluding diaryl/α,β-unsaturated/α-hetero) is 1. The number of amides is 1. The van der Waals surface area contributed by atoms with Gasteiger partial charge in [0.25, 0.3) is 0 Å². The van der Waals surface area contributed by atoms with E-state index >= 15 is 0 Å². The second kappa shape index (κ2) is 13.7. The van der Waals surface area contributed by atoms with E-state index < -0.39 is 6.10 Å². The number of ether oxygens (including phenoxy) is 1. The highest BCUT2D eigenvalue weighted by Crippen LogP contribution is 2.15. The standard InChI is InChI=1S/C28H36N2O4/c1-34-24-16-14-23(15-17-24)26(31)11-5-6-12-28(33)29-25(21-30-19-7-8-20-30)27(32)18-13-22-9-3-2-4-10-22/h2-4,9-10,13-18,25,27,32H,5-8,11-12,19-21H2,1H3,(H,29,33)/t25-,27-/m1/s1. The van der Waals surface area contributed by atoms with Crippen LogP contribution in [0, 0.1) is 0 Å². The molecule has 1 aliphatic heterocycles. The third kappa shape index (κ3) is 8.43. The highest BCUT2D eigenvalue weighted by atomic mass is 16.5. The Morgan fingerprint density at radius 1 is 1.03 bits per heavy atom. The van der Waals surface area contributed by atoms with E-state index in [1.165, 1.54) is 0 Å². The molecule has 6 nitrogen and oxygen atoms in total. The SMILES string of the molecule is COc1ccc(C(=O)CCCCC(=O)N[C@H](CN2CCCC2)[C@H](O)C=Cc2ccccc2)cc1. The van der Waals surface area contributed by atoms with Gasteiger partial charge >= 0.3 is 0 Å². The first-order chi connectivity index (χ1) is 16.5. The van der Waals surface area contributed by atoms with Crippen LogP contribution in [0.2, 0.25) is 0 Å². The van der Waals surface area contributed by atoms with Gasteiger partial charge in [0, 0.05) is 24.9 Å². The highest BCUT2D eigenvalue weighted by molar-refractivity contribution is 5.96. The number of ketones is 1. The molecule has 0 bridgehead atoms. The Bertz CT molecular complexity index is 921. The van der Waals surface area contributed by atoms with Crippen LogP contribution in [-0.2, 0) is 4.79 Å². The van der Waals surface area contributed by atoms with Crippen molar-refractivity contribution in [3.05, 3.63) is 71.8 Å². The minimum Gasteiger partial charge on any atom is -0.497 e. The van der Waals surface area contributed by atoms with Crippen molar-refractivity contribution in [2.45, 2.75) is 50.7 Å². The Morgan fingerprint density at radius 2 is 1.71 bits per heavy atom. The molecule has 2 atom stereocenters. The summed E-state index contributed by atoms with van der Waals surface area (Å²) < 4.78 is 5.12. The molecule has 0 unspecified atom stereocenters. The van der Waals surface area contributed by atoms with Gasteiger partial charge in [0.15, 0.2) is 5.78 Å². The molecule has 6 heteroatoms. The van der Waals surface area contributed by atoms with Crippen LogP contribution in [0.5, 0.6) is 5.75 Å². The molecule has 3 rings (SSSR count). The number of likely N-dealkylation sites (tertiary alicyclic amines) is 1. The van der Waals surface area contributed by atoms with Gasteiger partial charge in [-0.2, -0.15) is 0 Å². The summed E-state index contributed by atoms with van der Waals surface area (Å²) in [7, 11) is 1.59. The molecule has 182 valence electrons. The number of aliphatic hydroxyl groups excluding tert-OH is 1. The molecular formula is C28H36N2O4. The molecule has 1 saturated heterocycles. The van der Waals surface area contributed by atoms with E-state index in [1.807, 2.05) is 36.4 Å². The van der Waals surface area contributed by atoms with Crippen LogP contribution in [0.1, 0.15) is 54.4 Å². The smallest absolute Gasteiger partial charge is 0.220 e. The van der Waals surface area contributed by atoms with E-state index in [0.717, 1.165) is 37.2 Å². The van der Waals surface area contributed by atoms with Crippen LogP contribution in [-0.4, -0.2) is 60.6 Å². The van der Waals surface area contributed by atoms with Gasteiger partial charge in [0.05, 0.1) is 19.3 Å². The Labute approximate surface area is 202 Å². The number of nitrogens with one attached hydrogen (secondary N) is 1. The molecular weight excluding hydrogens is 428 g/mol. The molecule has 2 N–H and O–H groups in total. The maximum atomic E-state index is 12.6. The number of methoxy groups -OCH3 is 1. The van der Waals surface area contributed by atoms with E-state index in [9.17, 15) is 14.7 Å². The third-order valence-corrected chi connectivity index (χ3v) is 6.17. The van der Waals surface area contributed by atoms with Crippen molar-refractivity contribution in [2.24, 2.45) is 0 Å². The monoisotopic (exact) mass is 464 g/mol. The van der Waals surface area contributed by atoms with Crippen LogP contribution in [0.15, 0.2) is 60.7 Å². The minimum absolute atomic E-state index is 0.0662. The predicted molar refractivity (Wildman–Crippen MR) is 135 cm³/mol. The van der Waals surface area contributed by atoms with Crippen molar-refractivity contribution in [3.8, 4) is 5.75 Å². The van der Waals surface area contributed by atoms with Crippen LogP contribution in [0.4, 0.5) is 0 Å². The largest absolute Gasteiger partial charge is 0.497 e. The van der Waals surface area contributed by atoms with Crippen molar-refractivity contribution in [1.29, 1.82) is 0 Å². The van der Waals surface area contributed by atoms with Crippen LogP contribution in [0.25, 0.3) is 6.08 Å². The van der Waals surface area contributed by atoms with E-state index in [1.54, 1.807) is 37.5 Å². The van der Waals surface area contributed by atoms with Gasteiger partial charge in [-0.25, -0.2) is 0 Å². The number of hydrogen-bond donors (Lipinski definition) is 2. The topological polar surface area (TPSA) is 78.9 Å². The zero-order chi connectivity index (χ0) is 24.2. The van der Waals surface area contributed by atoms with Crippen molar-refractivity contribution in [2.75, 3.05) is 26.7 Å². The average molecular weight is 465 g/mol. The molecule has 1 aliphatic rings. The molecule has 34 heavy (non-hydrogen) atoms. The van der Waals surface area contributed by atoms with E-state index in [0.29, 0.717) is 37.8 Å². The Hall–Kier alpha value is -2.96. The van der Waals surface area contributed by atoms with E-state index in [2.05, 4.69) is 10.2 Å². The van der Waals surface area contributed by atoms with Crippen molar-refractivity contribution in [3.63, 3.8) is 0 Å². The lowest BCUT2D eigenvalue weighted by atomic mass is 10.0. The van der Waals surface area contributed by atoms with Crippen LogP contribution in [0.3, 0.4) is 0 Å². The molecule has 1 fully saturated rings. The van der Waals surface area contributed by atoms with Gasteiger partial charge in [-0.05, 0) is 68.6 Å². The molecule has 2 aromatic rings. The lowest BCUT2D eigenvalue weighted by molar-refractivity contribution is -0.122. The first-order valence-electron chi connectivity index (χ1n) is 12.2. The normalized spacial score (nSPS) is 15.8. The summed E-state index contributed by atoms with van der Waals surface area (Å²) in [6.45, 7) is 2.62. The molecule has 0 spiro atoms. The number of carbonyl (C=O) groups excluding carboxylic acids is 2. The lowest BCUT2D eigenvalue weighted by Gasteiger charge is -2.27. The summed E-state index contributed by atoms with van der Waals surface area (Å²) in [5.74, 6) is 0.696. The molecule has 0 aromatic heterocycles. The van der Waals surface area contributed by atoms with Gasteiger partial charge in [0.2, 0.25) is 5.91 Å². The van der Waals surface area contributed by atoms with E-state index in [4.69, 9.17) is 4.74 Å². The second-order valence-electron chi connectivity index (χ2n) is 8.80. The van der Waals surface area contributed by atoms with E-state index in [-0.39, 0.29) is 17.7 Å². The fourth-order valence-electron chi connectivity index (χ4n) is 4.16. The Morgan fingerprint density at radius 3 is 2.38 bits per heavy atom. The maximum Gasteiger partial charge on any atom is 0.220 e. The number of rotatable bonds is 13. The second-order valence-corrected chi connectivity index (χ2v) is 8.80. The zero-order valence-electron chi connectivity index (χ0n) is 20.0. The lowest BCUT2D eigenvalue weighted by Crippen LogP contribution is -2.49. The maximum absolute atomic E-state index is 12.6. The number of unbranched alkanes of at least 4 members (excludes halogenated alkanes) is 1. The summed E-state index contributed by atoms with van der Waals surface area (Å²) in [4.78, 5) is 27.3. The third-order valence-electron chi connectivity index (χ3n) is 6.17. The number of carbonyl (C=O) groups is 2. The zero-order valence-corrected chi connectivity index (χ0v) is 20.0. The average Bonchev–Trinajstić information content (AvgIpc) is 3.38. The molecule has 0 radical (unpaired) electrons. The molecule has 1 amide bonds. The minimum atomic E-state index is -0.776. The molecule has 0 aliphatic carbocycles. The van der Waals surface area contributed by atoms with Crippen molar-refractivity contribution >= 4 is 17.8 Å². The quantitative estimate of drug-likeness (QED) is 0.345. The first-order valence-corrected chi connectivity index (χ1v) is 12.2. The van der Waals surface area contributed by atoms with Crippen molar-refractivity contribution < 1.29 is 19.4 Å². The molecule has 1 heterocycles. The van der Waals surface area contributed by atoms with Crippen LogP contribution < -0.4 is 10.1 Å². The van der Waals surface area contributed by atoms with Gasteiger partial charge in [-0.3, -0.25) is 9.59 Å². The van der Waals surface area contributed by atoms with Gasteiger partial charge in [-0.1, -0.05) is 42.5 Å². The van der Waals surface area contributed by atoms with Gasteiger partial charge in [-0.15, -0.1) is 0 Å². The number of aliphatic hydroxyl groups is 1. The summed E-state index contributed by atoms with van der Waals surface area (Å²) in [6.07, 6.45) is 7.17. The predicted octanol–water partition coefficient (Wildman–Crippen LogP) is 4.09. The molecule has 2 aromatic carbocycles. The summed E-state index contributed by atoms with van der Waals surface area (Å²) >= 11 is 0.